The molecule has 2 N–H and O–H groups in total. The second-order valence-corrected chi connectivity index (χ2v) is 10.2. The second kappa shape index (κ2) is 13.0. The topological polar surface area (TPSA) is 79.3 Å². The van der Waals surface area contributed by atoms with Gasteiger partial charge in [-0.15, -0.1) is 0 Å². The molecular formula is C33H33F3N2O3. The van der Waals surface area contributed by atoms with E-state index in [9.17, 15) is 22.8 Å². The molecule has 0 bridgehead atoms. The van der Waals surface area contributed by atoms with Gasteiger partial charge in [-0.1, -0.05) is 56.3 Å². The zero-order chi connectivity index (χ0) is 29.6. The quantitative estimate of drug-likeness (QED) is 0.196. The lowest BCUT2D eigenvalue weighted by Crippen LogP contribution is -2.25. The first-order valence-electron chi connectivity index (χ1n) is 13.7. The highest BCUT2D eigenvalue weighted by Gasteiger charge is 2.30. The van der Waals surface area contributed by atoms with Crippen molar-refractivity contribution in [2.45, 2.75) is 57.5 Å². The lowest BCUT2D eigenvalue weighted by Gasteiger charge is -2.21. The molecule has 4 aromatic rings. The number of nitrogens with zero attached hydrogens (tertiary/aromatic N) is 1. The predicted molar refractivity (Wildman–Crippen MR) is 153 cm³/mol. The standard InChI is InChI=1S/C33H33F3N2O3/c1-3-22(4-2)23-9-11-24(12-10-23)29(17-21-5-7-25(8-6-21)32(41)37-16-15-31(39)40)27-18-26-13-14-28(33(34,35)36)19-30(26)38-20-27/h5-14,18-20,22,29H,3-4,15-17H2,1-2H3,(H,37,41)(H,39,40). The number of halogens is 3. The van der Waals surface area contributed by atoms with Crippen LogP contribution in [0.1, 0.15) is 83.1 Å². The fourth-order valence-electron chi connectivity index (χ4n) is 5.11. The van der Waals surface area contributed by atoms with Gasteiger partial charge in [0.1, 0.15) is 0 Å². The number of rotatable bonds is 11. The van der Waals surface area contributed by atoms with Gasteiger partial charge in [0.05, 0.1) is 17.5 Å². The smallest absolute Gasteiger partial charge is 0.416 e. The number of benzene rings is 3. The molecule has 0 aliphatic heterocycles. The Morgan fingerprint density at radius 2 is 1.54 bits per heavy atom. The predicted octanol–water partition coefficient (Wildman–Crippen LogP) is 7.74. The molecule has 1 heterocycles. The molecule has 0 fully saturated rings. The average Bonchev–Trinajstić information content (AvgIpc) is 2.96. The number of carboxylic acids is 1. The highest BCUT2D eigenvalue weighted by Crippen LogP contribution is 2.34. The largest absolute Gasteiger partial charge is 0.481 e. The Labute approximate surface area is 237 Å². The van der Waals surface area contributed by atoms with Crippen LogP contribution in [0, 0.1) is 0 Å². The van der Waals surface area contributed by atoms with Gasteiger partial charge in [-0.2, -0.15) is 13.2 Å². The minimum atomic E-state index is -4.44. The summed E-state index contributed by atoms with van der Waals surface area (Å²) in [5, 5.41) is 12.0. The highest BCUT2D eigenvalue weighted by atomic mass is 19.4. The maximum Gasteiger partial charge on any atom is 0.416 e. The van der Waals surface area contributed by atoms with E-state index < -0.39 is 17.7 Å². The van der Waals surface area contributed by atoms with Gasteiger partial charge in [0.2, 0.25) is 0 Å². The first-order valence-corrected chi connectivity index (χ1v) is 13.7. The molecule has 4 rings (SSSR count). The van der Waals surface area contributed by atoms with Gasteiger partial charge in [-0.3, -0.25) is 14.6 Å². The number of alkyl halides is 3. The zero-order valence-corrected chi connectivity index (χ0v) is 23.0. The maximum atomic E-state index is 13.2. The third-order valence-electron chi connectivity index (χ3n) is 7.51. The monoisotopic (exact) mass is 562 g/mol. The summed E-state index contributed by atoms with van der Waals surface area (Å²) in [6, 6.07) is 21.1. The average molecular weight is 563 g/mol. The second-order valence-electron chi connectivity index (χ2n) is 10.2. The number of fused-ring (bicyclic) bond motifs is 1. The van der Waals surface area contributed by atoms with Crippen molar-refractivity contribution < 1.29 is 27.9 Å². The zero-order valence-electron chi connectivity index (χ0n) is 23.0. The summed E-state index contributed by atoms with van der Waals surface area (Å²) in [5.41, 5.74) is 4.15. The van der Waals surface area contributed by atoms with Crippen molar-refractivity contribution in [2.24, 2.45) is 0 Å². The van der Waals surface area contributed by atoms with Crippen LogP contribution >= 0.6 is 0 Å². The molecule has 0 saturated heterocycles. The third-order valence-corrected chi connectivity index (χ3v) is 7.51. The molecule has 41 heavy (non-hydrogen) atoms. The van der Waals surface area contributed by atoms with E-state index in [1.807, 2.05) is 18.2 Å². The maximum absolute atomic E-state index is 13.2. The van der Waals surface area contributed by atoms with Gasteiger partial charge in [0, 0.05) is 29.6 Å². The van der Waals surface area contributed by atoms with Crippen molar-refractivity contribution in [3.8, 4) is 0 Å². The minimum absolute atomic E-state index is 0.0460. The fourth-order valence-corrected chi connectivity index (χ4v) is 5.11. The minimum Gasteiger partial charge on any atom is -0.481 e. The van der Waals surface area contributed by atoms with E-state index in [0.717, 1.165) is 41.7 Å². The summed E-state index contributed by atoms with van der Waals surface area (Å²) < 4.78 is 39.7. The number of aliphatic carboxylic acids is 1. The van der Waals surface area contributed by atoms with Crippen LogP contribution in [0.3, 0.4) is 0 Å². The van der Waals surface area contributed by atoms with Gasteiger partial charge in [0.25, 0.3) is 5.91 Å². The molecule has 0 aliphatic rings. The number of hydrogen-bond acceptors (Lipinski definition) is 3. The first-order chi connectivity index (χ1) is 19.6. The van der Waals surface area contributed by atoms with Crippen LogP contribution in [0.2, 0.25) is 0 Å². The normalized spacial score (nSPS) is 12.4. The van der Waals surface area contributed by atoms with Crippen molar-refractivity contribution >= 4 is 22.8 Å². The van der Waals surface area contributed by atoms with Crippen molar-refractivity contribution in [1.29, 1.82) is 0 Å². The molecular weight excluding hydrogens is 529 g/mol. The van der Waals surface area contributed by atoms with E-state index in [1.54, 1.807) is 18.3 Å². The molecule has 8 heteroatoms. The fraction of sp³-hybridized carbons (Fsp3) is 0.303. The van der Waals surface area contributed by atoms with Gasteiger partial charge in [-0.05, 0) is 77.8 Å². The Bertz CT molecular complexity index is 1500. The van der Waals surface area contributed by atoms with E-state index in [0.29, 0.717) is 23.3 Å². The molecule has 1 unspecified atom stereocenters. The third kappa shape index (κ3) is 7.51. The summed E-state index contributed by atoms with van der Waals surface area (Å²) >= 11 is 0. The molecule has 0 saturated carbocycles. The number of amides is 1. The Balaban J connectivity index is 1.65. The lowest BCUT2D eigenvalue weighted by molar-refractivity contribution is -0.138. The highest BCUT2D eigenvalue weighted by molar-refractivity contribution is 5.94. The summed E-state index contributed by atoms with van der Waals surface area (Å²) in [6.07, 6.45) is -0.273. The van der Waals surface area contributed by atoms with E-state index in [4.69, 9.17) is 5.11 Å². The van der Waals surface area contributed by atoms with Crippen LogP contribution < -0.4 is 5.32 Å². The van der Waals surface area contributed by atoms with Crippen LogP contribution in [0.15, 0.2) is 79.0 Å². The van der Waals surface area contributed by atoms with E-state index in [-0.39, 0.29) is 30.3 Å². The van der Waals surface area contributed by atoms with E-state index in [2.05, 4.69) is 48.4 Å². The van der Waals surface area contributed by atoms with Crippen molar-refractivity contribution in [3.63, 3.8) is 0 Å². The number of pyridine rings is 1. The van der Waals surface area contributed by atoms with Crippen LogP contribution in [0.4, 0.5) is 13.2 Å². The van der Waals surface area contributed by atoms with Crippen LogP contribution in [-0.4, -0.2) is 28.5 Å². The van der Waals surface area contributed by atoms with E-state index in [1.165, 1.54) is 11.6 Å². The summed E-state index contributed by atoms with van der Waals surface area (Å²) in [4.78, 5) is 27.5. The number of hydrogen-bond donors (Lipinski definition) is 2. The van der Waals surface area contributed by atoms with Crippen molar-refractivity contribution in [1.82, 2.24) is 10.3 Å². The molecule has 0 aliphatic carbocycles. The SMILES string of the molecule is CCC(CC)c1ccc(C(Cc2ccc(C(=O)NCCC(=O)O)cc2)c2cnc3cc(C(F)(F)F)ccc3c2)cc1. The Hall–Kier alpha value is -4.20. The van der Waals surface area contributed by atoms with Gasteiger partial charge in [-0.25, -0.2) is 0 Å². The number of carboxylic acid groups (broad SMARTS) is 1. The Morgan fingerprint density at radius 1 is 0.878 bits per heavy atom. The molecule has 1 aromatic heterocycles. The van der Waals surface area contributed by atoms with E-state index >= 15 is 0 Å². The number of nitrogens with one attached hydrogen (secondary N) is 1. The molecule has 0 spiro atoms. The summed E-state index contributed by atoms with van der Waals surface area (Å²) in [6.45, 7) is 4.39. The summed E-state index contributed by atoms with van der Waals surface area (Å²) in [5.74, 6) is -0.978. The Kier molecular flexibility index (Phi) is 9.42. The molecule has 0 radical (unpaired) electrons. The molecule has 1 amide bonds. The number of carbonyl (C=O) groups is 2. The van der Waals surface area contributed by atoms with Crippen molar-refractivity contribution in [3.05, 3.63) is 112 Å². The van der Waals surface area contributed by atoms with Crippen LogP contribution in [0.5, 0.6) is 0 Å². The lowest BCUT2D eigenvalue weighted by atomic mass is 9.84. The molecule has 5 nitrogen and oxygen atoms in total. The van der Waals surface area contributed by atoms with Crippen LogP contribution in [-0.2, 0) is 17.4 Å². The van der Waals surface area contributed by atoms with Gasteiger partial charge in [0.15, 0.2) is 0 Å². The first kappa shape index (κ1) is 29.8. The summed E-state index contributed by atoms with van der Waals surface area (Å²) in [7, 11) is 0. The van der Waals surface area contributed by atoms with Gasteiger partial charge >= 0.3 is 12.1 Å². The van der Waals surface area contributed by atoms with Gasteiger partial charge < -0.3 is 10.4 Å². The van der Waals surface area contributed by atoms with Crippen molar-refractivity contribution in [2.75, 3.05) is 6.54 Å². The molecule has 214 valence electrons. The molecule has 1 atom stereocenters. The number of carbonyl (C=O) groups excluding carboxylic acids is 1. The molecule has 3 aromatic carbocycles. The number of aromatic nitrogens is 1. The van der Waals surface area contributed by atoms with Crippen LogP contribution in [0.25, 0.3) is 10.9 Å². The Morgan fingerprint density at radius 3 is 2.15 bits per heavy atom.